The molecular formula is C30H26ClN3O4S2. The number of sulfonamides is 1. The number of fused-ring (bicyclic) bond motifs is 1. The number of nitrogens with one attached hydrogen (secondary N) is 1. The summed E-state index contributed by atoms with van der Waals surface area (Å²) in [6.45, 7) is 4.33. The average molecular weight is 592 g/mol. The molecule has 1 amide bonds. The van der Waals surface area contributed by atoms with Gasteiger partial charge in [0.25, 0.3) is 15.9 Å². The van der Waals surface area contributed by atoms with Crippen molar-refractivity contribution >= 4 is 60.5 Å². The van der Waals surface area contributed by atoms with E-state index in [1.54, 1.807) is 95.6 Å². The maximum Gasteiger partial charge on any atom is 0.308 e. The van der Waals surface area contributed by atoms with Crippen LogP contribution in [-0.4, -0.2) is 18.9 Å². The van der Waals surface area contributed by atoms with Crippen molar-refractivity contribution in [3.05, 3.63) is 122 Å². The molecule has 0 fully saturated rings. The van der Waals surface area contributed by atoms with Gasteiger partial charge < -0.3 is 5.32 Å². The Morgan fingerprint density at radius 2 is 1.68 bits per heavy atom. The van der Waals surface area contributed by atoms with Crippen LogP contribution in [0.5, 0.6) is 0 Å². The smallest absolute Gasteiger partial charge is 0.308 e. The monoisotopic (exact) mass is 591 g/mol. The summed E-state index contributed by atoms with van der Waals surface area (Å²) in [6.07, 6.45) is 0. The quantitative estimate of drug-likeness (QED) is 0.218. The van der Waals surface area contributed by atoms with Crippen LogP contribution in [0.1, 0.15) is 28.4 Å². The highest BCUT2D eigenvalue weighted by Gasteiger charge is 2.29. The zero-order chi connectivity index (χ0) is 28.4. The number of anilines is 2. The molecule has 1 aromatic heterocycles. The fraction of sp³-hybridized carbons (Fsp3) is 0.133. The third kappa shape index (κ3) is 5.54. The molecule has 40 heavy (non-hydrogen) atoms. The van der Waals surface area contributed by atoms with Crippen LogP contribution >= 0.6 is 22.9 Å². The Morgan fingerprint density at radius 3 is 2.38 bits per heavy atom. The van der Waals surface area contributed by atoms with Gasteiger partial charge in [0.1, 0.15) is 0 Å². The maximum atomic E-state index is 14.0. The number of amides is 1. The van der Waals surface area contributed by atoms with Crippen molar-refractivity contribution in [3.63, 3.8) is 0 Å². The number of halogens is 1. The Kier molecular flexibility index (Phi) is 7.80. The molecule has 5 aromatic rings. The minimum atomic E-state index is -4.06. The van der Waals surface area contributed by atoms with E-state index in [4.69, 9.17) is 11.6 Å². The summed E-state index contributed by atoms with van der Waals surface area (Å²) in [7, 11) is -4.06. The Morgan fingerprint density at radius 1 is 0.975 bits per heavy atom. The van der Waals surface area contributed by atoms with Crippen LogP contribution in [0, 0.1) is 6.92 Å². The van der Waals surface area contributed by atoms with Gasteiger partial charge in [0, 0.05) is 17.3 Å². The van der Waals surface area contributed by atoms with Gasteiger partial charge >= 0.3 is 4.87 Å². The Bertz CT molecular complexity index is 1860. The molecule has 0 saturated carbocycles. The number of rotatable bonds is 8. The molecule has 0 aliphatic heterocycles. The number of aryl methyl sites for hydroxylation is 2. The van der Waals surface area contributed by atoms with Gasteiger partial charge in [-0.2, -0.15) is 0 Å². The molecule has 0 spiro atoms. The first-order valence-electron chi connectivity index (χ1n) is 12.5. The summed E-state index contributed by atoms with van der Waals surface area (Å²) in [5.41, 5.74) is 3.36. The normalized spacial score (nSPS) is 11.5. The van der Waals surface area contributed by atoms with Gasteiger partial charge in [0.05, 0.1) is 32.9 Å². The number of thiazole rings is 1. The average Bonchev–Trinajstić information content (AvgIpc) is 3.26. The fourth-order valence-electron chi connectivity index (χ4n) is 4.42. The first-order chi connectivity index (χ1) is 19.2. The first kappa shape index (κ1) is 27.6. The van der Waals surface area contributed by atoms with Gasteiger partial charge in [-0.3, -0.25) is 18.5 Å². The van der Waals surface area contributed by atoms with Crippen LogP contribution in [0.4, 0.5) is 11.4 Å². The van der Waals surface area contributed by atoms with Gasteiger partial charge in [0.15, 0.2) is 0 Å². The Hall–Kier alpha value is -3.92. The number of hydrogen-bond acceptors (Lipinski definition) is 5. The van der Waals surface area contributed by atoms with E-state index < -0.39 is 15.9 Å². The van der Waals surface area contributed by atoms with Crippen LogP contribution in [0.2, 0.25) is 5.02 Å². The highest BCUT2D eigenvalue weighted by Crippen LogP contribution is 2.31. The van der Waals surface area contributed by atoms with Crippen molar-refractivity contribution < 1.29 is 13.2 Å². The summed E-state index contributed by atoms with van der Waals surface area (Å²) >= 11 is 7.17. The van der Waals surface area contributed by atoms with Crippen LogP contribution < -0.4 is 14.5 Å². The van der Waals surface area contributed by atoms with Crippen molar-refractivity contribution in [1.29, 1.82) is 0 Å². The zero-order valence-corrected chi connectivity index (χ0v) is 24.2. The summed E-state index contributed by atoms with van der Waals surface area (Å²) < 4.78 is 31.7. The first-order valence-corrected chi connectivity index (χ1v) is 15.2. The topological polar surface area (TPSA) is 88.5 Å². The SMILES string of the molecule is CCn1c(=O)sc2cc(NC(=O)c3ccccc3N(Cc3ccc(Cl)cc3)S(=O)(=O)c3ccc(C)cc3)ccc21. The van der Waals surface area contributed by atoms with Crippen LogP contribution in [-0.2, 0) is 23.1 Å². The summed E-state index contributed by atoms with van der Waals surface area (Å²) in [5.74, 6) is -0.475. The van der Waals surface area contributed by atoms with Gasteiger partial charge in [-0.25, -0.2) is 8.42 Å². The van der Waals surface area contributed by atoms with Gasteiger partial charge in [0.2, 0.25) is 0 Å². The Labute approximate surface area is 241 Å². The lowest BCUT2D eigenvalue weighted by molar-refractivity contribution is 0.102. The molecule has 7 nitrogen and oxygen atoms in total. The van der Waals surface area contributed by atoms with E-state index in [1.165, 1.54) is 4.31 Å². The standard InChI is InChI=1S/C30H26ClN3O4S2/c1-3-33-27-17-14-23(18-28(27)39-30(33)36)32-29(35)25-6-4-5-7-26(25)34(19-21-10-12-22(31)13-11-21)40(37,38)24-15-8-20(2)9-16-24/h4-18H,3,19H2,1-2H3,(H,32,35). The number of nitrogens with zero attached hydrogens (tertiary/aromatic N) is 2. The Balaban J connectivity index is 1.55. The van der Waals surface area contributed by atoms with Crippen molar-refractivity contribution in [1.82, 2.24) is 4.57 Å². The van der Waals surface area contributed by atoms with E-state index >= 15 is 0 Å². The number of carbonyl (C=O) groups is 1. The molecule has 0 aliphatic rings. The molecule has 0 unspecified atom stereocenters. The minimum Gasteiger partial charge on any atom is -0.322 e. The molecule has 4 aromatic carbocycles. The van der Waals surface area contributed by atoms with E-state index in [1.807, 2.05) is 13.8 Å². The second-order valence-electron chi connectivity index (χ2n) is 9.22. The van der Waals surface area contributed by atoms with Gasteiger partial charge in [-0.05, 0) is 74.0 Å². The predicted molar refractivity (Wildman–Crippen MR) is 162 cm³/mol. The fourth-order valence-corrected chi connectivity index (χ4v) is 7.01. The molecular weight excluding hydrogens is 566 g/mol. The minimum absolute atomic E-state index is 0.0118. The molecule has 5 rings (SSSR count). The number of hydrogen-bond donors (Lipinski definition) is 1. The second kappa shape index (κ2) is 11.3. The van der Waals surface area contributed by atoms with E-state index in [0.717, 1.165) is 27.1 Å². The van der Waals surface area contributed by atoms with Gasteiger partial charge in [-0.1, -0.05) is 64.9 Å². The van der Waals surface area contributed by atoms with Crippen molar-refractivity contribution in [3.8, 4) is 0 Å². The highest BCUT2D eigenvalue weighted by molar-refractivity contribution is 7.92. The van der Waals surface area contributed by atoms with E-state index in [-0.39, 0.29) is 27.6 Å². The number of carbonyl (C=O) groups excluding carboxylic acids is 1. The van der Waals surface area contributed by atoms with Crippen molar-refractivity contribution in [2.24, 2.45) is 0 Å². The molecule has 0 atom stereocenters. The third-order valence-electron chi connectivity index (χ3n) is 6.51. The number of benzene rings is 4. The molecule has 0 saturated heterocycles. The lowest BCUT2D eigenvalue weighted by Gasteiger charge is -2.27. The van der Waals surface area contributed by atoms with Crippen LogP contribution in [0.3, 0.4) is 0 Å². The number of aromatic nitrogens is 1. The maximum absolute atomic E-state index is 14.0. The summed E-state index contributed by atoms with van der Waals surface area (Å²) in [6, 6.07) is 25.4. The molecule has 204 valence electrons. The molecule has 10 heteroatoms. The van der Waals surface area contributed by atoms with Crippen LogP contribution in [0.25, 0.3) is 10.2 Å². The number of para-hydroxylation sites is 1. The third-order valence-corrected chi connectivity index (χ3v) is 9.48. The summed E-state index contributed by atoms with van der Waals surface area (Å²) in [4.78, 5) is 25.9. The lowest BCUT2D eigenvalue weighted by atomic mass is 10.1. The van der Waals surface area contributed by atoms with Gasteiger partial charge in [-0.15, -0.1) is 0 Å². The van der Waals surface area contributed by atoms with E-state index in [9.17, 15) is 18.0 Å². The lowest BCUT2D eigenvalue weighted by Crippen LogP contribution is -2.32. The molecule has 1 N–H and O–H groups in total. The molecule has 1 heterocycles. The largest absolute Gasteiger partial charge is 0.322 e. The van der Waals surface area contributed by atoms with Crippen LogP contribution in [0.15, 0.2) is 101 Å². The predicted octanol–water partition coefficient (Wildman–Crippen LogP) is 6.69. The van der Waals surface area contributed by atoms with E-state index in [0.29, 0.717) is 22.8 Å². The van der Waals surface area contributed by atoms with E-state index in [2.05, 4.69) is 5.32 Å². The highest BCUT2D eigenvalue weighted by atomic mass is 35.5. The zero-order valence-electron chi connectivity index (χ0n) is 21.8. The van der Waals surface area contributed by atoms with Crippen molar-refractivity contribution in [2.75, 3.05) is 9.62 Å². The second-order valence-corrected chi connectivity index (χ2v) is 12.5. The van der Waals surface area contributed by atoms with Crippen molar-refractivity contribution in [2.45, 2.75) is 31.8 Å². The molecule has 0 aliphatic carbocycles. The molecule has 0 bridgehead atoms. The molecule has 0 radical (unpaired) electrons. The summed E-state index contributed by atoms with van der Waals surface area (Å²) in [5, 5.41) is 3.41.